The van der Waals surface area contributed by atoms with E-state index in [9.17, 15) is 9.59 Å². The molecule has 0 bridgehead atoms. The summed E-state index contributed by atoms with van der Waals surface area (Å²) < 4.78 is 6.85. The number of rotatable bonds is 6. The van der Waals surface area contributed by atoms with Gasteiger partial charge in [-0.25, -0.2) is 0 Å². The first-order valence-electron chi connectivity index (χ1n) is 9.22. The van der Waals surface area contributed by atoms with Crippen LogP contribution in [0.25, 0.3) is 0 Å². The van der Waals surface area contributed by atoms with E-state index in [1.807, 2.05) is 43.3 Å². The van der Waals surface area contributed by atoms with Gasteiger partial charge < -0.3 is 9.84 Å². The standard InChI is InChI=1S/C22H24BrNO4/c1-14(10-21(26)27)15-4-7-17(8-5-15)28-13-24-19-9-6-16(23)11-18(19)22(2,3)12-20(24)25/h4-9,11,14H,10,12-13H2,1-3H3,(H,26,27). The predicted molar refractivity (Wildman–Crippen MR) is 112 cm³/mol. The molecule has 0 radical (unpaired) electrons. The lowest BCUT2D eigenvalue weighted by molar-refractivity contribution is -0.137. The van der Waals surface area contributed by atoms with Crippen molar-refractivity contribution in [1.82, 2.24) is 0 Å². The fraction of sp³-hybridized carbons (Fsp3) is 0.364. The monoisotopic (exact) mass is 445 g/mol. The molecule has 0 saturated heterocycles. The van der Waals surface area contributed by atoms with E-state index >= 15 is 0 Å². The Kier molecular flexibility index (Phi) is 5.79. The van der Waals surface area contributed by atoms with Gasteiger partial charge in [-0.05, 0) is 47.4 Å². The molecule has 1 N–H and O–H groups in total. The van der Waals surface area contributed by atoms with Gasteiger partial charge in [0.15, 0.2) is 6.73 Å². The average Bonchev–Trinajstić information content (AvgIpc) is 2.61. The number of amides is 1. The minimum absolute atomic E-state index is 0.0338. The summed E-state index contributed by atoms with van der Waals surface area (Å²) in [7, 11) is 0. The molecule has 3 rings (SSSR count). The Labute approximate surface area is 173 Å². The molecular weight excluding hydrogens is 422 g/mol. The molecule has 1 heterocycles. The number of ether oxygens (including phenoxy) is 1. The van der Waals surface area contributed by atoms with Crippen LogP contribution in [0.15, 0.2) is 46.9 Å². The summed E-state index contributed by atoms with van der Waals surface area (Å²) >= 11 is 3.51. The Morgan fingerprint density at radius 1 is 1.25 bits per heavy atom. The summed E-state index contributed by atoms with van der Waals surface area (Å²) in [4.78, 5) is 25.2. The number of halogens is 1. The number of hydrogen-bond acceptors (Lipinski definition) is 3. The maximum Gasteiger partial charge on any atom is 0.303 e. The number of carboxylic acid groups (broad SMARTS) is 1. The van der Waals surface area contributed by atoms with Gasteiger partial charge in [0.2, 0.25) is 5.91 Å². The number of carbonyl (C=O) groups is 2. The molecule has 0 spiro atoms. The largest absolute Gasteiger partial charge is 0.481 e. The van der Waals surface area contributed by atoms with E-state index in [0.29, 0.717) is 12.2 Å². The molecule has 2 aromatic carbocycles. The Bertz CT molecular complexity index is 892. The first kappa shape index (κ1) is 20.4. The van der Waals surface area contributed by atoms with Gasteiger partial charge in [-0.3, -0.25) is 14.5 Å². The molecule has 6 heteroatoms. The van der Waals surface area contributed by atoms with Crippen LogP contribution in [0.3, 0.4) is 0 Å². The molecule has 1 aliphatic heterocycles. The van der Waals surface area contributed by atoms with Crippen molar-refractivity contribution < 1.29 is 19.4 Å². The van der Waals surface area contributed by atoms with Gasteiger partial charge in [-0.15, -0.1) is 0 Å². The minimum atomic E-state index is -0.815. The Morgan fingerprint density at radius 3 is 2.57 bits per heavy atom. The van der Waals surface area contributed by atoms with E-state index in [1.54, 1.807) is 4.90 Å². The summed E-state index contributed by atoms with van der Waals surface area (Å²) in [5, 5.41) is 8.92. The Hall–Kier alpha value is -2.34. The molecule has 148 valence electrons. The number of carbonyl (C=O) groups excluding carboxylic acids is 1. The number of carboxylic acids is 1. The number of fused-ring (bicyclic) bond motifs is 1. The van der Waals surface area contributed by atoms with E-state index in [1.165, 1.54) is 0 Å². The topological polar surface area (TPSA) is 66.8 Å². The van der Waals surface area contributed by atoms with Crippen molar-refractivity contribution in [3.8, 4) is 5.75 Å². The van der Waals surface area contributed by atoms with Crippen molar-refractivity contribution in [3.63, 3.8) is 0 Å². The van der Waals surface area contributed by atoms with Crippen molar-refractivity contribution in [2.45, 2.75) is 44.9 Å². The second-order valence-electron chi connectivity index (χ2n) is 7.89. The Morgan fingerprint density at radius 2 is 1.93 bits per heavy atom. The van der Waals surface area contributed by atoms with Crippen LogP contribution < -0.4 is 9.64 Å². The van der Waals surface area contributed by atoms with Crippen molar-refractivity contribution >= 4 is 33.5 Å². The van der Waals surface area contributed by atoms with Crippen molar-refractivity contribution in [2.24, 2.45) is 0 Å². The van der Waals surface area contributed by atoms with Crippen LogP contribution in [0.1, 0.15) is 50.7 Å². The van der Waals surface area contributed by atoms with Crippen LogP contribution in [-0.2, 0) is 15.0 Å². The van der Waals surface area contributed by atoms with Crippen LogP contribution in [0, 0.1) is 0 Å². The second kappa shape index (κ2) is 7.95. The maximum atomic E-state index is 12.7. The number of aliphatic carboxylic acids is 1. The summed E-state index contributed by atoms with van der Waals surface area (Å²) in [5.74, 6) is -0.207. The van der Waals surface area contributed by atoms with Gasteiger partial charge in [0.05, 0.1) is 12.1 Å². The zero-order chi connectivity index (χ0) is 20.5. The zero-order valence-electron chi connectivity index (χ0n) is 16.2. The summed E-state index contributed by atoms with van der Waals surface area (Å²) in [5.41, 5.74) is 2.70. The van der Waals surface area contributed by atoms with E-state index in [2.05, 4.69) is 35.8 Å². The van der Waals surface area contributed by atoms with E-state index in [-0.39, 0.29) is 30.4 Å². The molecule has 0 fully saturated rings. The van der Waals surface area contributed by atoms with Gasteiger partial charge in [-0.2, -0.15) is 0 Å². The third-order valence-electron chi connectivity index (χ3n) is 5.16. The average molecular weight is 446 g/mol. The second-order valence-corrected chi connectivity index (χ2v) is 8.80. The van der Waals surface area contributed by atoms with Gasteiger partial charge in [0.1, 0.15) is 5.75 Å². The highest BCUT2D eigenvalue weighted by Crippen LogP contribution is 2.41. The van der Waals surface area contributed by atoms with E-state index in [4.69, 9.17) is 9.84 Å². The fourth-order valence-corrected chi connectivity index (χ4v) is 3.90. The summed E-state index contributed by atoms with van der Waals surface area (Å²) in [6.45, 7) is 6.16. The van der Waals surface area contributed by atoms with E-state index < -0.39 is 5.97 Å². The van der Waals surface area contributed by atoms with Crippen LogP contribution in [-0.4, -0.2) is 23.7 Å². The van der Waals surface area contributed by atoms with Gasteiger partial charge in [-0.1, -0.05) is 48.8 Å². The first-order valence-corrected chi connectivity index (χ1v) is 10.0. The summed E-state index contributed by atoms with van der Waals surface area (Å²) in [6, 6.07) is 13.3. The van der Waals surface area contributed by atoms with Gasteiger partial charge >= 0.3 is 5.97 Å². The molecule has 0 saturated carbocycles. The lowest BCUT2D eigenvalue weighted by atomic mass is 9.77. The SMILES string of the molecule is CC(CC(=O)O)c1ccc(OCN2C(=O)CC(C)(C)c3cc(Br)ccc32)cc1. The number of nitrogens with zero attached hydrogens (tertiary/aromatic N) is 1. The molecule has 2 aromatic rings. The first-order chi connectivity index (χ1) is 13.2. The fourth-order valence-electron chi connectivity index (χ4n) is 3.54. The molecule has 28 heavy (non-hydrogen) atoms. The highest BCUT2D eigenvalue weighted by molar-refractivity contribution is 9.10. The van der Waals surface area contributed by atoms with Crippen molar-refractivity contribution in [1.29, 1.82) is 0 Å². The molecule has 0 aromatic heterocycles. The van der Waals surface area contributed by atoms with Gasteiger partial charge in [0, 0.05) is 16.3 Å². The van der Waals surface area contributed by atoms with Crippen LogP contribution in [0.4, 0.5) is 5.69 Å². The molecule has 1 amide bonds. The van der Waals surface area contributed by atoms with Crippen molar-refractivity contribution in [2.75, 3.05) is 11.6 Å². The molecule has 0 aliphatic carbocycles. The van der Waals surface area contributed by atoms with Crippen LogP contribution >= 0.6 is 15.9 Å². The smallest absolute Gasteiger partial charge is 0.303 e. The molecule has 1 unspecified atom stereocenters. The number of hydrogen-bond donors (Lipinski definition) is 1. The Balaban J connectivity index is 1.74. The molecular formula is C22H24BrNO4. The molecule has 5 nitrogen and oxygen atoms in total. The third kappa shape index (κ3) is 4.38. The lowest BCUT2D eigenvalue weighted by Gasteiger charge is -2.38. The zero-order valence-corrected chi connectivity index (χ0v) is 17.8. The summed E-state index contributed by atoms with van der Waals surface area (Å²) in [6.07, 6.45) is 0.510. The minimum Gasteiger partial charge on any atom is -0.481 e. The van der Waals surface area contributed by atoms with Crippen LogP contribution in [0.2, 0.25) is 0 Å². The van der Waals surface area contributed by atoms with Crippen LogP contribution in [0.5, 0.6) is 5.75 Å². The maximum absolute atomic E-state index is 12.7. The number of benzene rings is 2. The highest BCUT2D eigenvalue weighted by atomic mass is 79.9. The van der Waals surface area contributed by atoms with Crippen molar-refractivity contribution in [3.05, 3.63) is 58.1 Å². The van der Waals surface area contributed by atoms with E-state index in [0.717, 1.165) is 21.3 Å². The predicted octanol–water partition coefficient (Wildman–Crippen LogP) is 5.08. The highest BCUT2D eigenvalue weighted by Gasteiger charge is 2.36. The normalized spacial score (nSPS) is 16.4. The molecule has 1 aliphatic rings. The third-order valence-corrected chi connectivity index (χ3v) is 5.66. The number of anilines is 1. The lowest BCUT2D eigenvalue weighted by Crippen LogP contribution is -2.43. The quantitative estimate of drug-likeness (QED) is 0.672. The van der Waals surface area contributed by atoms with Gasteiger partial charge in [0.25, 0.3) is 0 Å². The molecule has 1 atom stereocenters.